The van der Waals surface area contributed by atoms with Crippen LogP contribution in [-0.4, -0.2) is 19.7 Å². The Labute approximate surface area is 120 Å². The van der Waals surface area contributed by atoms with Crippen LogP contribution in [0, 0.1) is 12.8 Å². The largest absolute Gasteiger partial charge is 0.461 e. The van der Waals surface area contributed by atoms with Crippen molar-refractivity contribution in [3.05, 3.63) is 35.6 Å². The van der Waals surface area contributed by atoms with Gasteiger partial charge in [0, 0.05) is 30.0 Å². The van der Waals surface area contributed by atoms with E-state index < -0.39 is 0 Å². The minimum absolute atomic E-state index is 0.169. The van der Waals surface area contributed by atoms with E-state index in [1.54, 1.807) is 0 Å². The second kappa shape index (κ2) is 5.98. The quantitative estimate of drug-likeness (QED) is 0.841. The topological polar surface area (TPSA) is 34.4 Å². The van der Waals surface area contributed by atoms with E-state index in [9.17, 15) is 0 Å². The van der Waals surface area contributed by atoms with Crippen LogP contribution in [0.4, 0.5) is 0 Å². The number of hydrogen-bond acceptors (Lipinski definition) is 3. The molecule has 2 unspecified atom stereocenters. The summed E-state index contributed by atoms with van der Waals surface area (Å²) in [5.74, 6) is 1.54. The number of para-hydroxylation sites is 1. The SMILES string of the molecule is CCCNCC1CCOC1c1c(C)oc2ccccc12. The Balaban J connectivity index is 1.87. The van der Waals surface area contributed by atoms with Crippen LogP contribution in [0.5, 0.6) is 0 Å². The average molecular weight is 273 g/mol. The molecule has 0 amide bonds. The molecule has 1 aliphatic heterocycles. The summed E-state index contributed by atoms with van der Waals surface area (Å²) in [5, 5.41) is 4.73. The molecule has 2 aromatic rings. The van der Waals surface area contributed by atoms with Gasteiger partial charge in [-0.25, -0.2) is 0 Å². The molecule has 1 fully saturated rings. The molecule has 1 saturated heterocycles. The van der Waals surface area contributed by atoms with Crippen molar-refractivity contribution in [1.82, 2.24) is 5.32 Å². The van der Waals surface area contributed by atoms with Crippen molar-refractivity contribution < 1.29 is 9.15 Å². The fraction of sp³-hybridized carbons (Fsp3) is 0.529. The summed E-state index contributed by atoms with van der Waals surface area (Å²) < 4.78 is 11.9. The van der Waals surface area contributed by atoms with Gasteiger partial charge in [0.1, 0.15) is 11.3 Å². The highest BCUT2D eigenvalue weighted by molar-refractivity contribution is 5.82. The summed E-state index contributed by atoms with van der Waals surface area (Å²) in [6.45, 7) is 7.20. The number of rotatable bonds is 5. The molecule has 0 spiro atoms. The van der Waals surface area contributed by atoms with Crippen LogP contribution >= 0.6 is 0 Å². The van der Waals surface area contributed by atoms with Crippen LogP contribution in [0.1, 0.15) is 37.2 Å². The van der Waals surface area contributed by atoms with Gasteiger partial charge in [0.2, 0.25) is 0 Å². The predicted octanol–water partition coefficient (Wildman–Crippen LogP) is 3.82. The van der Waals surface area contributed by atoms with Crippen LogP contribution in [0.2, 0.25) is 0 Å². The number of benzene rings is 1. The molecule has 1 aliphatic rings. The first-order valence-corrected chi connectivity index (χ1v) is 7.61. The molecular formula is C17H23NO2. The van der Waals surface area contributed by atoms with Crippen molar-refractivity contribution in [3.8, 4) is 0 Å². The zero-order valence-corrected chi connectivity index (χ0v) is 12.3. The van der Waals surface area contributed by atoms with E-state index in [1.807, 2.05) is 19.1 Å². The van der Waals surface area contributed by atoms with Crippen LogP contribution < -0.4 is 5.32 Å². The van der Waals surface area contributed by atoms with Crippen molar-refractivity contribution in [1.29, 1.82) is 0 Å². The standard InChI is InChI=1S/C17H23NO2/c1-3-9-18-11-13-8-10-19-17(13)16-12(2)20-15-7-5-4-6-14(15)16/h4-7,13,17-18H,3,8-11H2,1-2H3. The van der Waals surface area contributed by atoms with Gasteiger partial charge in [-0.3, -0.25) is 0 Å². The van der Waals surface area contributed by atoms with Gasteiger partial charge in [0.15, 0.2) is 0 Å². The number of aryl methyl sites for hydroxylation is 1. The second-order valence-corrected chi connectivity index (χ2v) is 5.61. The molecule has 3 rings (SSSR count). The highest BCUT2D eigenvalue weighted by atomic mass is 16.5. The fourth-order valence-electron chi connectivity index (χ4n) is 3.17. The molecule has 1 aromatic heterocycles. The van der Waals surface area contributed by atoms with Gasteiger partial charge in [0.25, 0.3) is 0 Å². The van der Waals surface area contributed by atoms with Crippen LogP contribution in [0.3, 0.4) is 0 Å². The number of furan rings is 1. The molecule has 20 heavy (non-hydrogen) atoms. The summed E-state index contributed by atoms with van der Waals surface area (Å²) in [5.41, 5.74) is 2.22. The third-order valence-corrected chi connectivity index (χ3v) is 4.15. The third-order valence-electron chi connectivity index (χ3n) is 4.15. The van der Waals surface area contributed by atoms with E-state index in [2.05, 4.69) is 24.4 Å². The van der Waals surface area contributed by atoms with Gasteiger partial charge in [0.05, 0.1) is 6.10 Å². The first-order valence-electron chi connectivity index (χ1n) is 7.61. The van der Waals surface area contributed by atoms with E-state index >= 15 is 0 Å². The number of fused-ring (bicyclic) bond motifs is 1. The number of ether oxygens (including phenoxy) is 1. The molecule has 1 aromatic carbocycles. The summed E-state index contributed by atoms with van der Waals surface area (Å²) >= 11 is 0. The van der Waals surface area contributed by atoms with Gasteiger partial charge < -0.3 is 14.5 Å². The minimum Gasteiger partial charge on any atom is -0.461 e. The molecule has 2 atom stereocenters. The summed E-state index contributed by atoms with van der Waals surface area (Å²) in [7, 11) is 0. The lowest BCUT2D eigenvalue weighted by molar-refractivity contribution is 0.0903. The zero-order valence-electron chi connectivity index (χ0n) is 12.3. The van der Waals surface area contributed by atoms with Crippen molar-refractivity contribution in [2.45, 2.75) is 32.8 Å². The summed E-state index contributed by atoms with van der Waals surface area (Å²) in [4.78, 5) is 0. The van der Waals surface area contributed by atoms with E-state index in [0.717, 1.165) is 37.5 Å². The molecule has 2 heterocycles. The zero-order chi connectivity index (χ0) is 13.9. The molecule has 108 valence electrons. The molecule has 3 nitrogen and oxygen atoms in total. The molecule has 0 bridgehead atoms. The summed E-state index contributed by atoms with van der Waals surface area (Å²) in [6.07, 6.45) is 2.47. The highest BCUT2D eigenvalue weighted by Crippen LogP contribution is 2.40. The summed E-state index contributed by atoms with van der Waals surface area (Å²) in [6, 6.07) is 8.26. The van der Waals surface area contributed by atoms with Crippen molar-refractivity contribution in [2.75, 3.05) is 19.7 Å². The van der Waals surface area contributed by atoms with Gasteiger partial charge in [-0.2, -0.15) is 0 Å². The monoisotopic (exact) mass is 273 g/mol. The van der Waals surface area contributed by atoms with Crippen molar-refractivity contribution in [2.24, 2.45) is 5.92 Å². The van der Waals surface area contributed by atoms with Gasteiger partial charge in [-0.1, -0.05) is 25.1 Å². The Hall–Kier alpha value is -1.32. The van der Waals surface area contributed by atoms with E-state index in [0.29, 0.717) is 5.92 Å². The smallest absolute Gasteiger partial charge is 0.134 e. The van der Waals surface area contributed by atoms with Crippen molar-refractivity contribution in [3.63, 3.8) is 0 Å². The molecule has 3 heteroatoms. The molecule has 1 N–H and O–H groups in total. The normalized spacial score (nSPS) is 22.7. The maximum Gasteiger partial charge on any atom is 0.134 e. The predicted molar refractivity (Wildman–Crippen MR) is 80.9 cm³/mol. The van der Waals surface area contributed by atoms with Gasteiger partial charge in [-0.15, -0.1) is 0 Å². The van der Waals surface area contributed by atoms with Gasteiger partial charge >= 0.3 is 0 Å². The maximum atomic E-state index is 6.03. The Morgan fingerprint density at radius 1 is 1.30 bits per heavy atom. The number of nitrogens with one attached hydrogen (secondary N) is 1. The van der Waals surface area contributed by atoms with Crippen LogP contribution in [-0.2, 0) is 4.74 Å². The minimum atomic E-state index is 0.169. The number of hydrogen-bond donors (Lipinski definition) is 1. The van der Waals surface area contributed by atoms with Crippen LogP contribution in [0.15, 0.2) is 28.7 Å². The van der Waals surface area contributed by atoms with E-state index in [-0.39, 0.29) is 6.10 Å². The lowest BCUT2D eigenvalue weighted by Crippen LogP contribution is -2.25. The molecule has 0 radical (unpaired) electrons. The highest BCUT2D eigenvalue weighted by Gasteiger charge is 2.33. The molecule has 0 saturated carbocycles. The molecular weight excluding hydrogens is 250 g/mol. The van der Waals surface area contributed by atoms with Crippen LogP contribution in [0.25, 0.3) is 11.0 Å². The second-order valence-electron chi connectivity index (χ2n) is 5.61. The Kier molecular flexibility index (Phi) is 4.08. The lowest BCUT2D eigenvalue weighted by atomic mass is 9.93. The Morgan fingerprint density at radius 3 is 3.00 bits per heavy atom. The lowest BCUT2D eigenvalue weighted by Gasteiger charge is -2.19. The Bertz CT molecular complexity index is 575. The Morgan fingerprint density at radius 2 is 2.15 bits per heavy atom. The first-order chi connectivity index (χ1) is 9.81. The van der Waals surface area contributed by atoms with Crippen molar-refractivity contribution >= 4 is 11.0 Å². The fourth-order valence-corrected chi connectivity index (χ4v) is 3.17. The van der Waals surface area contributed by atoms with E-state index in [4.69, 9.17) is 9.15 Å². The molecule has 0 aliphatic carbocycles. The van der Waals surface area contributed by atoms with Gasteiger partial charge in [-0.05, 0) is 32.4 Å². The first kappa shape index (κ1) is 13.7. The maximum absolute atomic E-state index is 6.03. The van der Waals surface area contributed by atoms with E-state index in [1.165, 1.54) is 17.4 Å². The third kappa shape index (κ3) is 2.48. The average Bonchev–Trinajstić information content (AvgIpc) is 3.02.